The fraction of sp³-hybridized carbons (Fsp3) is 0.455. The minimum absolute atomic E-state index is 0.167. The smallest absolute Gasteiger partial charge is 0.135 e. The third kappa shape index (κ3) is 1.66. The van der Waals surface area contributed by atoms with E-state index in [1.807, 2.05) is 31.2 Å². The summed E-state index contributed by atoms with van der Waals surface area (Å²) in [6.45, 7) is 4.93. The number of hydrogen-bond acceptors (Lipinski definition) is 2. The number of aryl methyl sites for hydroxylation is 1. The van der Waals surface area contributed by atoms with Crippen molar-refractivity contribution in [1.82, 2.24) is 9.96 Å². The molecule has 0 spiro atoms. The summed E-state index contributed by atoms with van der Waals surface area (Å²) in [6.07, 6.45) is 0. The molecule has 2 rings (SSSR count). The van der Waals surface area contributed by atoms with E-state index in [4.69, 9.17) is 0 Å². The van der Waals surface area contributed by atoms with E-state index in [-0.39, 0.29) is 4.65 Å². The van der Waals surface area contributed by atoms with E-state index in [2.05, 4.69) is 5.32 Å². The van der Waals surface area contributed by atoms with E-state index in [0.29, 0.717) is 13.1 Å². The average molecular weight is 192 g/mol. The van der Waals surface area contributed by atoms with Gasteiger partial charge in [-0.25, -0.2) is 0 Å². The lowest BCUT2D eigenvalue weighted by Gasteiger charge is -2.45. The molecule has 3 nitrogen and oxygen atoms in total. The number of hydroxylamine groups is 2. The molecular formula is C11H16N2O. The van der Waals surface area contributed by atoms with E-state index in [9.17, 15) is 5.21 Å². The van der Waals surface area contributed by atoms with Crippen LogP contribution < -0.4 is 9.96 Å². The standard InChI is InChI=1S/C11H16N2O/c1-10-4-2-3-5-11(10)13(14)8-6-12-7-9-13/h2-5,12H,6-9H2,1H3. The highest BCUT2D eigenvalue weighted by molar-refractivity contribution is 5.50. The van der Waals surface area contributed by atoms with Gasteiger partial charge >= 0.3 is 0 Å². The highest BCUT2D eigenvalue weighted by atomic mass is 16.5. The Morgan fingerprint density at radius 1 is 1.21 bits per heavy atom. The van der Waals surface area contributed by atoms with Crippen LogP contribution in [0.2, 0.25) is 0 Å². The molecule has 1 saturated heterocycles. The Labute approximate surface area is 84.5 Å². The first-order valence-electron chi connectivity index (χ1n) is 5.07. The Kier molecular flexibility index (Phi) is 2.54. The Morgan fingerprint density at radius 3 is 2.50 bits per heavy atom. The summed E-state index contributed by atoms with van der Waals surface area (Å²) in [6, 6.07) is 7.89. The second-order valence-corrected chi connectivity index (χ2v) is 3.87. The first-order valence-corrected chi connectivity index (χ1v) is 5.07. The third-order valence-electron chi connectivity index (χ3n) is 2.85. The zero-order chi connectivity index (χ0) is 10.0. The van der Waals surface area contributed by atoms with E-state index in [0.717, 1.165) is 24.3 Å². The van der Waals surface area contributed by atoms with E-state index in [1.165, 1.54) is 0 Å². The summed E-state index contributed by atoms with van der Waals surface area (Å²) < 4.78 is -0.167. The number of piperazine rings is 1. The molecule has 1 aromatic rings. The maximum Gasteiger partial charge on any atom is 0.135 e. The van der Waals surface area contributed by atoms with Crippen molar-refractivity contribution in [2.24, 2.45) is 0 Å². The fourth-order valence-corrected chi connectivity index (χ4v) is 2.02. The topological polar surface area (TPSA) is 35.1 Å². The van der Waals surface area contributed by atoms with Gasteiger partial charge in [0.1, 0.15) is 5.69 Å². The molecule has 1 aromatic carbocycles. The second kappa shape index (κ2) is 3.69. The monoisotopic (exact) mass is 192 g/mol. The molecule has 0 saturated carbocycles. The van der Waals surface area contributed by atoms with Crippen LogP contribution in [-0.4, -0.2) is 26.2 Å². The number of nitrogens with one attached hydrogen (secondary N) is 1. The minimum atomic E-state index is -0.167. The van der Waals surface area contributed by atoms with Gasteiger partial charge < -0.3 is 15.2 Å². The van der Waals surface area contributed by atoms with Crippen molar-refractivity contribution in [2.45, 2.75) is 6.92 Å². The van der Waals surface area contributed by atoms with E-state index in [1.54, 1.807) is 0 Å². The van der Waals surface area contributed by atoms with Crippen molar-refractivity contribution < 1.29 is 0 Å². The molecule has 0 aliphatic carbocycles. The Morgan fingerprint density at radius 2 is 1.86 bits per heavy atom. The van der Waals surface area contributed by atoms with Gasteiger partial charge in [-0.3, -0.25) is 0 Å². The molecule has 0 unspecified atom stereocenters. The number of nitrogens with zero attached hydrogens (tertiary/aromatic N) is 1. The summed E-state index contributed by atoms with van der Waals surface area (Å²) >= 11 is 0. The van der Waals surface area contributed by atoms with Gasteiger partial charge in [-0.15, -0.1) is 0 Å². The van der Waals surface area contributed by atoms with Crippen LogP contribution in [-0.2, 0) is 0 Å². The highest BCUT2D eigenvalue weighted by Crippen LogP contribution is 2.26. The Balaban J connectivity index is 2.32. The zero-order valence-electron chi connectivity index (χ0n) is 8.49. The molecule has 76 valence electrons. The van der Waals surface area contributed by atoms with E-state index < -0.39 is 0 Å². The summed E-state index contributed by atoms with van der Waals surface area (Å²) in [5, 5.41) is 15.7. The molecule has 0 bridgehead atoms. The molecule has 1 heterocycles. The number of rotatable bonds is 1. The quantitative estimate of drug-likeness (QED) is 0.539. The van der Waals surface area contributed by atoms with Crippen molar-refractivity contribution in [3.05, 3.63) is 35.0 Å². The molecule has 1 N–H and O–H groups in total. The molecule has 1 fully saturated rings. The Bertz CT molecular complexity index is 319. The molecule has 0 amide bonds. The highest BCUT2D eigenvalue weighted by Gasteiger charge is 2.24. The van der Waals surface area contributed by atoms with Crippen LogP contribution in [0.25, 0.3) is 0 Å². The van der Waals surface area contributed by atoms with Gasteiger partial charge in [-0.1, -0.05) is 18.2 Å². The van der Waals surface area contributed by atoms with Gasteiger partial charge in [0, 0.05) is 18.7 Å². The van der Waals surface area contributed by atoms with Crippen LogP contribution in [0.3, 0.4) is 0 Å². The van der Waals surface area contributed by atoms with Crippen molar-refractivity contribution >= 4 is 5.69 Å². The van der Waals surface area contributed by atoms with Crippen LogP contribution in [0.5, 0.6) is 0 Å². The summed E-state index contributed by atoms with van der Waals surface area (Å²) in [7, 11) is 0. The number of hydrogen-bond donors (Lipinski definition) is 1. The predicted molar refractivity (Wildman–Crippen MR) is 58.9 cm³/mol. The van der Waals surface area contributed by atoms with Crippen molar-refractivity contribution in [2.75, 3.05) is 26.2 Å². The van der Waals surface area contributed by atoms with Gasteiger partial charge in [-0.2, -0.15) is 0 Å². The SMILES string of the molecule is Cc1ccccc1[N+]1([O-])CCNCC1. The molecule has 0 aromatic heterocycles. The van der Waals surface area contributed by atoms with Gasteiger partial charge in [0.15, 0.2) is 0 Å². The molecule has 14 heavy (non-hydrogen) atoms. The third-order valence-corrected chi connectivity index (χ3v) is 2.85. The lowest BCUT2D eigenvalue weighted by molar-refractivity contribution is 0.320. The van der Waals surface area contributed by atoms with E-state index >= 15 is 0 Å². The van der Waals surface area contributed by atoms with Crippen molar-refractivity contribution in [3.63, 3.8) is 0 Å². The van der Waals surface area contributed by atoms with Crippen LogP contribution in [0.4, 0.5) is 5.69 Å². The number of quaternary nitrogens is 1. The zero-order valence-corrected chi connectivity index (χ0v) is 8.49. The minimum Gasteiger partial charge on any atom is -0.627 e. The van der Waals surface area contributed by atoms with Gasteiger partial charge in [0.25, 0.3) is 0 Å². The maximum atomic E-state index is 12.4. The van der Waals surface area contributed by atoms with Crippen LogP contribution in [0.1, 0.15) is 5.56 Å². The molecule has 0 atom stereocenters. The van der Waals surface area contributed by atoms with Crippen molar-refractivity contribution in [1.29, 1.82) is 0 Å². The molecule has 3 heteroatoms. The summed E-state index contributed by atoms with van der Waals surface area (Å²) in [4.78, 5) is 0. The van der Waals surface area contributed by atoms with Crippen LogP contribution >= 0.6 is 0 Å². The van der Waals surface area contributed by atoms with Crippen LogP contribution in [0.15, 0.2) is 24.3 Å². The fourth-order valence-electron chi connectivity index (χ4n) is 2.02. The summed E-state index contributed by atoms with van der Waals surface area (Å²) in [5.41, 5.74) is 2.03. The molecule has 1 aliphatic rings. The lowest BCUT2D eigenvalue weighted by atomic mass is 10.1. The normalized spacial score (nSPS) is 20.7. The van der Waals surface area contributed by atoms with Crippen molar-refractivity contribution in [3.8, 4) is 0 Å². The Hall–Kier alpha value is -0.900. The van der Waals surface area contributed by atoms with Gasteiger partial charge in [-0.05, 0) is 13.0 Å². The molecule has 1 aliphatic heterocycles. The summed E-state index contributed by atoms with van der Waals surface area (Å²) in [5.74, 6) is 0. The molecular weight excluding hydrogens is 176 g/mol. The first-order chi connectivity index (χ1) is 6.72. The number of benzene rings is 1. The molecule has 0 radical (unpaired) electrons. The maximum absolute atomic E-state index is 12.4. The van der Waals surface area contributed by atoms with Gasteiger partial charge in [0.05, 0.1) is 13.1 Å². The average Bonchev–Trinajstić information content (AvgIpc) is 2.19. The number of para-hydroxylation sites is 1. The largest absolute Gasteiger partial charge is 0.627 e. The lowest BCUT2D eigenvalue weighted by Crippen LogP contribution is -2.56. The predicted octanol–water partition coefficient (Wildman–Crippen LogP) is 1.40. The first kappa shape index (κ1) is 9.65. The second-order valence-electron chi connectivity index (χ2n) is 3.87. The van der Waals surface area contributed by atoms with Crippen LogP contribution in [0, 0.1) is 12.1 Å². The van der Waals surface area contributed by atoms with Gasteiger partial charge in [0.2, 0.25) is 0 Å².